The van der Waals surface area contributed by atoms with Crippen molar-refractivity contribution in [2.45, 2.75) is 38.3 Å². The Bertz CT molecular complexity index is 319. The molecule has 88 valence electrons. The predicted octanol–water partition coefficient (Wildman–Crippen LogP) is 2.42. The average molecular weight is 219 g/mol. The van der Waals surface area contributed by atoms with Gasteiger partial charge in [0.1, 0.15) is 0 Å². The van der Waals surface area contributed by atoms with Crippen LogP contribution in [-0.4, -0.2) is 28.7 Å². The lowest BCUT2D eigenvalue weighted by atomic mass is 9.80. The molecule has 0 atom stereocenters. The molecule has 1 fully saturated rings. The van der Waals surface area contributed by atoms with Crippen LogP contribution in [-0.2, 0) is 6.54 Å². The van der Waals surface area contributed by atoms with Gasteiger partial charge in [0, 0.05) is 13.1 Å². The molecule has 1 saturated carbocycles. The lowest BCUT2D eigenvalue weighted by Gasteiger charge is -2.40. The van der Waals surface area contributed by atoms with Crippen LogP contribution in [0.25, 0.3) is 0 Å². The maximum Gasteiger partial charge on any atom is 0.0774 e. The highest BCUT2D eigenvalue weighted by molar-refractivity contribution is 5.14. The number of benzene rings is 1. The first kappa shape index (κ1) is 11.6. The molecule has 0 radical (unpaired) electrons. The molecule has 0 amide bonds. The van der Waals surface area contributed by atoms with Gasteiger partial charge in [-0.15, -0.1) is 0 Å². The molecular formula is C14H21NO. The van der Waals surface area contributed by atoms with Gasteiger partial charge in [0.05, 0.1) is 5.60 Å². The molecule has 2 rings (SSSR count). The second-order valence-electron chi connectivity index (χ2n) is 4.87. The minimum absolute atomic E-state index is 0.398. The molecule has 1 aromatic carbocycles. The quantitative estimate of drug-likeness (QED) is 0.822. The van der Waals surface area contributed by atoms with Crippen LogP contribution in [0.1, 0.15) is 31.7 Å². The van der Waals surface area contributed by atoms with E-state index in [-0.39, 0.29) is 0 Å². The third-order valence-electron chi connectivity index (χ3n) is 3.50. The third-order valence-corrected chi connectivity index (χ3v) is 3.50. The normalized spacial score (nSPS) is 18.4. The van der Waals surface area contributed by atoms with Gasteiger partial charge in [0.25, 0.3) is 0 Å². The fourth-order valence-electron chi connectivity index (χ4n) is 2.28. The number of hydrogen-bond acceptors (Lipinski definition) is 2. The summed E-state index contributed by atoms with van der Waals surface area (Å²) in [6.45, 7) is 4.92. The van der Waals surface area contributed by atoms with Crippen molar-refractivity contribution in [2.75, 3.05) is 13.1 Å². The van der Waals surface area contributed by atoms with Crippen LogP contribution >= 0.6 is 0 Å². The first-order chi connectivity index (χ1) is 7.72. The van der Waals surface area contributed by atoms with Gasteiger partial charge in [0.2, 0.25) is 0 Å². The molecule has 0 saturated heterocycles. The molecular weight excluding hydrogens is 198 g/mol. The van der Waals surface area contributed by atoms with Crippen molar-refractivity contribution < 1.29 is 5.11 Å². The average Bonchev–Trinajstić information content (AvgIpc) is 2.27. The van der Waals surface area contributed by atoms with Crippen molar-refractivity contribution in [3.05, 3.63) is 35.9 Å². The monoisotopic (exact) mass is 219 g/mol. The molecule has 0 aliphatic heterocycles. The van der Waals surface area contributed by atoms with E-state index in [2.05, 4.69) is 36.1 Å². The van der Waals surface area contributed by atoms with Crippen molar-refractivity contribution in [1.82, 2.24) is 4.90 Å². The highest BCUT2D eigenvalue weighted by Crippen LogP contribution is 2.32. The summed E-state index contributed by atoms with van der Waals surface area (Å²) in [5.41, 5.74) is 0.928. The Morgan fingerprint density at radius 2 is 1.94 bits per heavy atom. The summed E-state index contributed by atoms with van der Waals surface area (Å²) in [6.07, 6.45) is 3.12. The maximum absolute atomic E-state index is 10.1. The first-order valence-corrected chi connectivity index (χ1v) is 6.20. The Balaban J connectivity index is 1.90. The van der Waals surface area contributed by atoms with E-state index in [0.717, 1.165) is 32.5 Å². The lowest BCUT2D eigenvalue weighted by Crippen LogP contribution is -2.47. The number of aliphatic hydroxyl groups is 1. The zero-order valence-corrected chi connectivity index (χ0v) is 10.0. The molecule has 0 spiro atoms. The van der Waals surface area contributed by atoms with Crippen LogP contribution < -0.4 is 0 Å². The summed E-state index contributed by atoms with van der Waals surface area (Å²) in [6, 6.07) is 10.5. The highest BCUT2D eigenvalue weighted by Gasteiger charge is 2.35. The topological polar surface area (TPSA) is 23.5 Å². The van der Waals surface area contributed by atoms with E-state index >= 15 is 0 Å². The predicted molar refractivity (Wildman–Crippen MR) is 66.2 cm³/mol. The third kappa shape index (κ3) is 2.83. The number of likely N-dealkylation sites (N-methyl/N-ethyl adjacent to an activating group) is 1. The zero-order valence-electron chi connectivity index (χ0n) is 10.0. The van der Waals surface area contributed by atoms with E-state index in [1.165, 1.54) is 12.0 Å². The molecule has 1 aromatic rings. The summed E-state index contributed by atoms with van der Waals surface area (Å²) < 4.78 is 0. The van der Waals surface area contributed by atoms with E-state index in [4.69, 9.17) is 0 Å². The van der Waals surface area contributed by atoms with E-state index < -0.39 is 5.60 Å². The van der Waals surface area contributed by atoms with Crippen LogP contribution in [0.5, 0.6) is 0 Å². The van der Waals surface area contributed by atoms with E-state index in [9.17, 15) is 5.11 Å². The van der Waals surface area contributed by atoms with Gasteiger partial charge in [-0.2, -0.15) is 0 Å². The van der Waals surface area contributed by atoms with E-state index in [1.807, 2.05) is 6.07 Å². The van der Waals surface area contributed by atoms with Crippen molar-refractivity contribution in [2.24, 2.45) is 0 Å². The highest BCUT2D eigenvalue weighted by atomic mass is 16.3. The van der Waals surface area contributed by atoms with E-state index in [1.54, 1.807) is 0 Å². The molecule has 2 heteroatoms. The smallest absolute Gasteiger partial charge is 0.0774 e. The molecule has 0 heterocycles. The Kier molecular flexibility index (Phi) is 3.62. The Labute approximate surface area is 97.9 Å². The summed E-state index contributed by atoms with van der Waals surface area (Å²) >= 11 is 0. The van der Waals surface area contributed by atoms with Crippen molar-refractivity contribution in [1.29, 1.82) is 0 Å². The SMILES string of the molecule is CCN(Cc1ccccc1)CC1(O)CCC1. The van der Waals surface area contributed by atoms with Gasteiger partial charge in [0.15, 0.2) is 0 Å². The second-order valence-corrected chi connectivity index (χ2v) is 4.87. The summed E-state index contributed by atoms with van der Waals surface area (Å²) in [7, 11) is 0. The fraction of sp³-hybridized carbons (Fsp3) is 0.571. The van der Waals surface area contributed by atoms with Gasteiger partial charge in [-0.25, -0.2) is 0 Å². The molecule has 0 aromatic heterocycles. The van der Waals surface area contributed by atoms with E-state index in [0.29, 0.717) is 0 Å². The van der Waals surface area contributed by atoms with Crippen molar-refractivity contribution >= 4 is 0 Å². The lowest BCUT2D eigenvalue weighted by molar-refractivity contribution is -0.0594. The first-order valence-electron chi connectivity index (χ1n) is 6.20. The summed E-state index contributed by atoms with van der Waals surface area (Å²) in [5.74, 6) is 0. The standard InChI is InChI=1S/C14H21NO/c1-2-15(12-14(16)9-6-10-14)11-13-7-4-3-5-8-13/h3-5,7-8,16H,2,6,9-12H2,1H3. The van der Waals surface area contributed by atoms with Gasteiger partial charge in [-0.1, -0.05) is 37.3 Å². The van der Waals surface area contributed by atoms with Crippen molar-refractivity contribution in [3.8, 4) is 0 Å². The molecule has 1 aliphatic carbocycles. The summed E-state index contributed by atoms with van der Waals surface area (Å²) in [4.78, 5) is 2.33. The largest absolute Gasteiger partial charge is 0.389 e. The van der Waals surface area contributed by atoms with Gasteiger partial charge >= 0.3 is 0 Å². The number of rotatable bonds is 5. The minimum Gasteiger partial charge on any atom is -0.389 e. The van der Waals surface area contributed by atoms with Gasteiger partial charge < -0.3 is 5.11 Å². The molecule has 2 nitrogen and oxygen atoms in total. The Hall–Kier alpha value is -0.860. The van der Waals surface area contributed by atoms with Crippen molar-refractivity contribution in [3.63, 3.8) is 0 Å². The zero-order chi connectivity index (χ0) is 11.4. The van der Waals surface area contributed by atoms with Gasteiger partial charge in [-0.3, -0.25) is 4.90 Å². The second kappa shape index (κ2) is 4.98. The van der Waals surface area contributed by atoms with Crippen LogP contribution in [0, 0.1) is 0 Å². The minimum atomic E-state index is -0.398. The Morgan fingerprint density at radius 3 is 2.44 bits per heavy atom. The maximum atomic E-state index is 10.1. The van der Waals surface area contributed by atoms with Crippen LogP contribution in [0.15, 0.2) is 30.3 Å². The van der Waals surface area contributed by atoms with Crippen LogP contribution in [0.4, 0.5) is 0 Å². The number of nitrogens with zero attached hydrogens (tertiary/aromatic N) is 1. The molecule has 1 N–H and O–H groups in total. The van der Waals surface area contributed by atoms with Crippen LogP contribution in [0.2, 0.25) is 0 Å². The fourth-order valence-corrected chi connectivity index (χ4v) is 2.28. The molecule has 16 heavy (non-hydrogen) atoms. The molecule has 1 aliphatic rings. The van der Waals surface area contributed by atoms with Gasteiger partial charge in [-0.05, 0) is 31.4 Å². The summed E-state index contributed by atoms with van der Waals surface area (Å²) in [5, 5.41) is 10.1. The number of hydrogen-bond donors (Lipinski definition) is 1. The molecule has 0 bridgehead atoms. The van der Waals surface area contributed by atoms with Crippen LogP contribution in [0.3, 0.4) is 0 Å². The molecule has 0 unspecified atom stereocenters. The Morgan fingerprint density at radius 1 is 1.25 bits per heavy atom.